The highest BCUT2D eigenvalue weighted by molar-refractivity contribution is 6.24. The van der Waals surface area contributed by atoms with Crippen LogP contribution in [0.5, 0.6) is 11.5 Å². The Morgan fingerprint density at radius 1 is 0.595 bits per heavy atom. The summed E-state index contributed by atoms with van der Waals surface area (Å²) >= 11 is 0. The molecule has 0 radical (unpaired) electrons. The molecule has 4 amide bonds. The standard InChI is InChI=1S/C32H34N4O6/c1-41-25-11-3-21(4-12-25)15-17-33-27-19-29(37)35(31(27)39)23-7-9-24(10-8-23)36-30(38)20-28(32(36)40)34-18-16-22-5-13-26(42-2)14-6-22/h3-14,27-28,33-34H,15-20H2,1-2H3/t27-,28-/m0/s1. The third-order valence-electron chi connectivity index (χ3n) is 7.59. The van der Waals surface area contributed by atoms with Gasteiger partial charge in [0.05, 0.1) is 50.5 Å². The molecule has 10 nitrogen and oxygen atoms in total. The normalized spacial score (nSPS) is 18.7. The number of methoxy groups -OCH3 is 2. The molecule has 2 heterocycles. The Morgan fingerprint density at radius 2 is 0.952 bits per heavy atom. The molecule has 10 heteroatoms. The lowest BCUT2D eigenvalue weighted by molar-refractivity contribution is -0.123. The van der Waals surface area contributed by atoms with E-state index in [1.165, 1.54) is 0 Å². The number of hydrogen-bond acceptors (Lipinski definition) is 8. The van der Waals surface area contributed by atoms with Crippen molar-refractivity contribution < 1.29 is 28.7 Å². The Bertz CT molecular complexity index is 1330. The molecule has 2 aliphatic rings. The molecule has 2 fully saturated rings. The lowest BCUT2D eigenvalue weighted by Gasteiger charge is -2.19. The highest BCUT2D eigenvalue weighted by Gasteiger charge is 2.41. The average Bonchev–Trinajstić information content (AvgIpc) is 3.46. The molecule has 2 aliphatic heterocycles. The Morgan fingerprint density at radius 3 is 1.29 bits per heavy atom. The summed E-state index contributed by atoms with van der Waals surface area (Å²) < 4.78 is 10.3. The van der Waals surface area contributed by atoms with Gasteiger partial charge in [0.25, 0.3) is 11.8 Å². The lowest BCUT2D eigenvalue weighted by Crippen LogP contribution is -2.40. The maximum atomic E-state index is 13.1. The summed E-state index contributed by atoms with van der Waals surface area (Å²) in [5, 5.41) is 6.38. The molecule has 2 N–H and O–H groups in total. The minimum Gasteiger partial charge on any atom is -0.497 e. The fourth-order valence-corrected chi connectivity index (χ4v) is 5.24. The predicted octanol–water partition coefficient (Wildman–Crippen LogP) is 2.63. The molecule has 3 aromatic carbocycles. The first kappa shape index (κ1) is 29.0. The molecule has 5 rings (SSSR count). The number of carbonyl (C=O) groups excluding carboxylic acids is 4. The van der Waals surface area contributed by atoms with Gasteiger partial charge < -0.3 is 20.1 Å². The SMILES string of the molecule is COc1ccc(CCN[C@H]2CC(=O)N(c3ccc(N4C(=O)C[C@H](NCCc5ccc(OC)cc5)C4=O)cc3)C2=O)cc1. The number of nitrogens with zero attached hydrogens (tertiary/aromatic N) is 2. The molecule has 0 aromatic heterocycles. The molecule has 2 saturated heterocycles. The van der Waals surface area contributed by atoms with Gasteiger partial charge in [-0.05, 0) is 85.6 Å². The van der Waals surface area contributed by atoms with E-state index >= 15 is 0 Å². The zero-order valence-corrected chi connectivity index (χ0v) is 23.7. The summed E-state index contributed by atoms with van der Waals surface area (Å²) in [6.45, 7) is 1.08. The smallest absolute Gasteiger partial charge is 0.251 e. The molecule has 3 aromatic rings. The first-order valence-electron chi connectivity index (χ1n) is 13.9. The van der Waals surface area contributed by atoms with E-state index in [9.17, 15) is 19.2 Å². The number of benzene rings is 3. The largest absolute Gasteiger partial charge is 0.497 e. The molecule has 0 bridgehead atoms. The van der Waals surface area contributed by atoms with Crippen molar-refractivity contribution >= 4 is 35.0 Å². The summed E-state index contributed by atoms with van der Waals surface area (Å²) in [6, 6.07) is 20.5. The predicted molar refractivity (Wildman–Crippen MR) is 158 cm³/mol. The molecule has 0 aliphatic carbocycles. The number of ether oxygens (including phenoxy) is 2. The first-order chi connectivity index (χ1) is 20.4. The van der Waals surface area contributed by atoms with Crippen LogP contribution in [-0.2, 0) is 32.0 Å². The van der Waals surface area contributed by atoms with Crippen LogP contribution in [0, 0.1) is 0 Å². The van der Waals surface area contributed by atoms with Crippen molar-refractivity contribution in [2.45, 2.75) is 37.8 Å². The molecule has 0 unspecified atom stereocenters. The second-order valence-electron chi connectivity index (χ2n) is 10.3. The molecule has 42 heavy (non-hydrogen) atoms. The third kappa shape index (κ3) is 6.35. The van der Waals surface area contributed by atoms with E-state index in [1.807, 2.05) is 48.5 Å². The van der Waals surface area contributed by atoms with Gasteiger partial charge in [0.2, 0.25) is 11.8 Å². The number of anilines is 2. The van der Waals surface area contributed by atoms with Crippen LogP contribution in [0.15, 0.2) is 72.8 Å². The lowest BCUT2D eigenvalue weighted by atomic mass is 10.1. The summed E-state index contributed by atoms with van der Waals surface area (Å²) in [5.41, 5.74) is 2.99. The Hall–Kier alpha value is -4.54. The van der Waals surface area contributed by atoms with Gasteiger partial charge in [-0.15, -0.1) is 0 Å². The zero-order valence-electron chi connectivity index (χ0n) is 23.7. The van der Waals surface area contributed by atoms with Crippen LogP contribution in [-0.4, -0.2) is 63.0 Å². The number of nitrogens with one attached hydrogen (secondary N) is 2. The van der Waals surface area contributed by atoms with Crippen LogP contribution < -0.4 is 29.9 Å². The molecule has 2 atom stereocenters. The van der Waals surface area contributed by atoms with Crippen molar-refractivity contribution in [3.05, 3.63) is 83.9 Å². The Labute approximate surface area is 244 Å². The van der Waals surface area contributed by atoms with E-state index in [4.69, 9.17) is 9.47 Å². The number of imide groups is 2. The van der Waals surface area contributed by atoms with Crippen LogP contribution in [0.3, 0.4) is 0 Å². The highest BCUT2D eigenvalue weighted by atomic mass is 16.5. The van der Waals surface area contributed by atoms with Crippen molar-refractivity contribution in [3.63, 3.8) is 0 Å². The minimum atomic E-state index is -0.609. The van der Waals surface area contributed by atoms with Gasteiger partial charge in [0.15, 0.2) is 0 Å². The minimum absolute atomic E-state index is 0.0656. The second kappa shape index (κ2) is 13.0. The van der Waals surface area contributed by atoms with Crippen LogP contribution in [0.4, 0.5) is 11.4 Å². The van der Waals surface area contributed by atoms with E-state index in [1.54, 1.807) is 38.5 Å². The van der Waals surface area contributed by atoms with Crippen molar-refractivity contribution in [1.29, 1.82) is 0 Å². The summed E-state index contributed by atoms with van der Waals surface area (Å²) in [7, 11) is 3.23. The molecule has 0 spiro atoms. The number of carbonyl (C=O) groups is 4. The quantitative estimate of drug-likeness (QED) is 0.319. The van der Waals surface area contributed by atoms with Crippen molar-refractivity contribution in [2.75, 3.05) is 37.1 Å². The Kier molecular flexibility index (Phi) is 8.94. The summed E-state index contributed by atoms with van der Waals surface area (Å²) in [4.78, 5) is 53.9. The van der Waals surface area contributed by atoms with E-state index in [0.29, 0.717) is 37.3 Å². The van der Waals surface area contributed by atoms with Crippen LogP contribution in [0.2, 0.25) is 0 Å². The van der Waals surface area contributed by atoms with Crippen LogP contribution >= 0.6 is 0 Å². The van der Waals surface area contributed by atoms with E-state index in [0.717, 1.165) is 32.4 Å². The Balaban J connectivity index is 1.14. The van der Waals surface area contributed by atoms with Gasteiger partial charge in [-0.25, -0.2) is 9.80 Å². The maximum Gasteiger partial charge on any atom is 0.251 e. The topological polar surface area (TPSA) is 117 Å². The zero-order chi connectivity index (χ0) is 29.6. The van der Waals surface area contributed by atoms with Gasteiger partial charge in [0.1, 0.15) is 11.5 Å². The van der Waals surface area contributed by atoms with Gasteiger partial charge in [-0.3, -0.25) is 19.2 Å². The van der Waals surface area contributed by atoms with E-state index in [2.05, 4.69) is 10.6 Å². The second-order valence-corrected chi connectivity index (χ2v) is 10.3. The first-order valence-corrected chi connectivity index (χ1v) is 13.9. The molecular formula is C32H34N4O6. The van der Waals surface area contributed by atoms with Crippen molar-refractivity contribution in [2.24, 2.45) is 0 Å². The monoisotopic (exact) mass is 570 g/mol. The third-order valence-corrected chi connectivity index (χ3v) is 7.59. The maximum absolute atomic E-state index is 13.1. The number of rotatable bonds is 12. The average molecular weight is 571 g/mol. The number of amides is 4. The summed E-state index contributed by atoms with van der Waals surface area (Å²) in [6.07, 6.45) is 1.53. The highest BCUT2D eigenvalue weighted by Crippen LogP contribution is 2.28. The van der Waals surface area contributed by atoms with Gasteiger partial charge in [-0.2, -0.15) is 0 Å². The molecular weight excluding hydrogens is 536 g/mol. The van der Waals surface area contributed by atoms with Crippen molar-refractivity contribution in [1.82, 2.24) is 10.6 Å². The molecule has 218 valence electrons. The summed E-state index contributed by atoms with van der Waals surface area (Å²) in [5.74, 6) is 0.309. The fourth-order valence-electron chi connectivity index (χ4n) is 5.24. The van der Waals surface area contributed by atoms with Crippen molar-refractivity contribution in [3.8, 4) is 11.5 Å². The van der Waals surface area contributed by atoms with Crippen LogP contribution in [0.1, 0.15) is 24.0 Å². The van der Waals surface area contributed by atoms with E-state index in [-0.39, 0.29) is 36.5 Å². The van der Waals surface area contributed by atoms with Crippen LogP contribution in [0.25, 0.3) is 0 Å². The molecule has 0 saturated carbocycles. The van der Waals surface area contributed by atoms with Gasteiger partial charge in [0, 0.05) is 0 Å². The van der Waals surface area contributed by atoms with E-state index < -0.39 is 12.1 Å². The fraction of sp³-hybridized carbons (Fsp3) is 0.312. The number of hydrogen-bond donors (Lipinski definition) is 2. The van der Waals surface area contributed by atoms with Gasteiger partial charge >= 0.3 is 0 Å². The van der Waals surface area contributed by atoms with Gasteiger partial charge in [-0.1, -0.05) is 24.3 Å².